The number of amides is 1. The minimum Gasteiger partial charge on any atom is -0.323 e. The van der Waals surface area contributed by atoms with Gasteiger partial charge in [-0.3, -0.25) is 4.79 Å². The van der Waals surface area contributed by atoms with E-state index in [4.69, 9.17) is 28.9 Å². The summed E-state index contributed by atoms with van der Waals surface area (Å²) in [5.41, 5.74) is 5.35. The molecule has 0 bridgehead atoms. The molecule has 3 nitrogen and oxygen atoms in total. The number of carbonyl (C=O) groups is 1. The molecule has 1 unspecified atom stereocenters. The van der Waals surface area contributed by atoms with Crippen molar-refractivity contribution >= 4 is 50.7 Å². The molecule has 0 fully saturated rings. The van der Waals surface area contributed by atoms with Crippen LogP contribution >= 0.6 is 39.1 Å². The molecule has 0 saturated carbocycles. The Bertz CT molecular complexity index is 449. The maximum atomic E-state index is 11.9. The lowest BCUT2D eigenvalue weighted by molar-refractivity contribution is -0.120. The predicted molar refractivity (Wildman–Crippen MR) is 75.7 cm³/mol. The second-order valence-electron chi connectivity index (χ2n) is 3.95. The van der Waals surface area contributed by atoms with E-state index in [1.165, 1.54) is 0 Å². The predicted octanol–water partition coefficient (Wildman–Crippen LogP) is 3.82. The lowest BCUT2D eigenvalue weighted by Gasteiger charge is -2.22. The normalized spacial score (nSPS) is 14.2. The fraction of sp³-hybridized carbons (Fsp3) is 0.364. The highest BCUT2D eigenvalue weighted by Gasteiger charge is 2.26. The molecule has 1 amide bonds. The Morgan fingerprint density at radius 2 is 2.06 bits per heavy atom. The number of benzene rings is 1. The molecule has 6 heteroatoms. The summed E-state index contributed by atoms with van der Waals surface area (Å²) in [5.74, 6) is -0.291. The minimum atomic E-state index is -0.928. The van der Waals surface area contributed by atoms with E-state index in [0.29, 0.717) is 26.6 Å². The summed E-state index contributed by atoms with van der Waals surface area (Å²) >= 11 is 15.2. The summed E-state index contributed by atoms with van der Waals surface area (Å²) in [4.78, 5) is 11.9. The van der Waals surface area contributed by atoms with Crippen LogP contribution < -0.4 is 11.1 Å². The fourth-order valence-electron chi connectivity index (χ4n) is 1.05. The fourth-order valence-corrected chi connectivity index (χ4v) is 1.87. The molecule has 0 aromatic heterocycles. The van der Waals surface area contributed by atoms with E-state index >= 15 is 0 Å². The quantitative estimate of drug-likeness (QED) is 0.822. The Morgan fingerprint density at radius 3 is 2.59 bits per heavy atom. The number of hydrogen-bond acceptors (Lipinski definition) is 2. The first-order valence-corrected chi connectivity index (χ1v) is 6.58. The molecule has 94 valence electrons. The molecule has 1 rings (SSSR count). The van der Waals surface area contributed by atoms with Crippen LogP contribution in [0.25, 0.3) is 0 Å². The third kappa shape index (κ3) is 3.35. The van der Waals surface area contributed by atoms with Crippen molar-refractivity contribution in [1.82, 2.24) is 0 Å². The SMILES string of the molecule is CCC(C)(N)C(=O)Nc1ccc(Br)c(Cl)c1Cl. The van der Waals surface area contributed by atoms with Gasteiger partial charge in [-0.2, -0.15) is 0 Å². The summed E-state index contributed by atoms with van der Waals surface area (Å²) in [6.45, 7) is 3.51. The first-order valence-electron chi connectivity index (χ1n) is 5.03. The summed E-state index contributed by atoms with van der Waals surface area (Å²) in [5, 5.41) is 3.32. The summed E-state index contributed by atoms with van der Waals surface area (Å²) in [6, 6.07) is 3.38. The van der Waals surface area contributed by atoms with Crippen LogP contribution in [0.3, 0.4) is 0 Å². The van der Waals surface area contributed by atoms with Gasteiger partial charge < -0.3 is 11.1 Å². The minimum absolute atomic E-state index is 0.291. The Labute approximate surface area is 119 Å². The number of anilines is 1. The average molecular weight is 340 g/mol. The smallest absolute Gasteiger partial charge is 0.244 e. The highest BCUT2D eigenvalue weighted by atomic mass is 79.9. The van der Waals surface area contributed by atoms with Crippen molar-refractivity contribution < 1.29 is 4.79 Å². The van der Waals surface area contributed by atoms with Crippen molar-refractivity contribution in [1.29, 1.82) is 0 Å². The Hall–Kier alpha value is -0.290. The largest absolute Gasteiger partial charge is 0.323 e. The number of nitrogens with one attached hydrogen (secondary N) is 1. The number of nitrogens with two attached hydrogens (primary N) is 1. The van der Waals surface area contributed by atoms with Crippen molar-refractivity contribution in [2.75, 3.05) is 5.32 Å². The van der Waals surface area contributed by atoms with E-state index in [-0.39, 0.29) is 5.91 Å². The maximum Gasteiger partial charge on any atom is 0.244 e. The topological polar surface area (TPSA) is 55.1 Å². The maximum absolute atomic E-state index is 11.9. The molecule has 0 saturated heterocycles. The molecule has 17 heavy (non-hydrogen) atoms. The van der Waals surface area contributed by atoms with Gasteiger partial charge in [-0.25, -0.2) is 0 Å². The average Bonchev–Trinajstić information content (AvgIpc) is 2.29. The molecule has 0 radical (unpaired) electrons. The molecule has 0 aliphatic heterocycles. The Morgan fingerprint density at radius 1 is 1.47 bits per heavy atom. The molecule has 1 aromatic carbocycles. The van der Waals surface area contributed by atoms with Crippen LogP contribution in [0.1, 0.15) is 20.3 Å². The lowest BCUT2D eigenvalue weighted by Crippen LogP contribution is -2.47. The number of carbonyl (C=O) groups excluding carboxylic acids is 1. The van der Waals surface area contributed by atoms with Crippen molar-refractivity contribution in [2.45, 2.75) is 25.8 Å². The highest BCUT2D eigenvalue weighted by Crippen LogP contribution is 2.36. The van der Waals surface area contributed by atoms with Crippen LogP contribution in [-0.4, -0.2) is 11.4 Å². The van der Waals surface area contributed by atoms with Crippen LogP contribution in [0.15, 0.2) is 16.6 Å². The summed E-state index contributed by atoms with van der Waals surface area (Å²) in [6.07, 6.45) is 0.528. The summed E-state index contributed by atoms with van der Waals surface area (Å²) < 4.78 is 0.674. The molecule has 0 spiro atoms. The van der Waals surface area contributed by atoms with Gasteiger partial charge in [-0.1, -0.05) is 30.1 Å². The van der Waals surface area contributed by atoms with Crippen molar-refractivity contribution in [3.8, 4) is 0 Å². The zero-order valence-corrected chi connectivity index (χ0v) is 12.6. The molecule has 3 N–H and O–H groups in total. The number of halogens is 3. The third-order valence-electron chi connectivity index (χ3n) is 2.54. The van der Waals surface area contributed by atoms with E-state index in [0.717, 1.165) is 0 Å². The molecule has 0 aliphatic carbocycles. The van der Waals surface area contributed by atoms with Crippen LogP contribution in [0, 0.1) is 0 Å². The summed E-state index contributed by atoms with van der Waals surface area (Å²) in [7, 11) is 0. The van der Waals surface area contributed by atoms with E-state index in [2.05, 4.69) is 21.2 Å². The number of rotatable bonds is 3. The number of hydrogen-bond donors (Lipinski definition) is 2. The molecular formula is C11H13BrCl2N2O. The van der Waals surface area contributed by atoms with Gasteiger partial charge in [0.2, 0.25) is 5.91 Å². The van der Waals surface area contributed by atoms with Gasteiger partial charge in [0.15, 0.2) is 0 Å². The zero-order valence-electron chi connectivity index (χ0n) is 9.48. The van der Waals surface area contributed by atoms with Crippen molar-refractivity contribution in [3.05, 3.63) is 26.7 Å². The van der Waals surface area contributed by atoms with Crippen LogP contribution in [0.4, 0.5) is 5.69 Å². The van der Waals surface area contributed by atoms with E-state index in [9.17, 15) is 4.79 Å². The second kappa shape index (κ2) is 5.57. The molecular weight excluding hydrogens is 327 g/mol. The van der Waals surface area contributed by atoms with Crippen LogP contribution in [-0.2, 0) is 4.79 Å². The van der Waals surface area contributed by atoms with Gasteiger partial charge in [0.1, 0.15) is 0 Å². The molecule has 0 heterocycles. The van der Waals surface area contributed by atoms with Gasteiger partial charge >= 0.3 is 0 Å². The van der Waals surface area contributed by atoms with Gasteiger partial charge in [0.25, 0.3) is 0 Å². The van der Waals surface area contributed by atoms with Crippen LogP contribution in [0.2, 0.25) is 10.0 Å². The van der Waals surface area contributed by atoms with Gasteiger partial charge in [0, 0.05) is 4.47 Å². The van der Waals surface area contributed by atoms with Crippen molar-refractivity contribution in [3.63, 3.8) is 0 Å². The standard InChI is InChI=1S/C11H13BrCl2N2O/c1-3-11(2,15)10(17)16-7-5-4-6(12)8(13)9(7)14/h4-5H,3,15H2,1-2H3,(H,16,17). The first kappa shape index (κ1) is 14.8. The van der Waals surface area contributed by atoms with E-state index < -0.39 is 5.54 Å². The molecule has 1 aromatic rings. The van der Waals surface area contributed by atoms with Crippen LogP contribution in [0.5, 0.6) is 0 Å². The van der Waals surface area contributed by atoms with E-state index in [1.807, 2.05) is 6.92 Å². The van der Waals surface area contributed by atoms with Gasteiger partial charge in [0.05, 0.1) is 21.3 Å². The highest BCUT2D eigenvalue weighted by molar-refractivity contribution is 9.10. The first-order chi connectivity index (χ1) is 7.79. The Kier molecular flexibility index (Phi) is 4.84. The van der Waals surface area contributed by atoms with Gasteiger partial charge in [-0.15, -0.1) is 0 Å². The van der Waals surface area contributed by atoms with Crippen molar-refractivity contribution in [2.24, 2.45) is 5.73 Å². The molecule has 1 atom stereocenters. The lowest BCUT2D eigenvalue weighted by atomic mass is 9.99. The monoisotopic (exact) mass is 338 g/mol. The van der Waals surface area contributed by atoms with Gasteiger partial charge in [-0.05, 0) is 41.4 Å². The second-order valence-corrected chi connectivity index (χ2v) is 5.56. The zero-order chi connectivity index (χ0) is 13.2. The third-order valence-corrected chi connectivity index (χ3v) is 4.31. The molecule has 0 aliphatic rings. The van der Waals surface area contributed by atoms with E-state index in [1.54, 1.807) is 19.1 Å². The Balaban J connectivity index is 2.98.